The Labute approximate surface area is 170 Å². The second-order valence-electron chi connectivity index (χ2n) is 8.08. The van der Waals surface area contributed by atoms with Gasteiger partial charge in [0.1, 0.15) is 11.8 Å². The molecular weight excluding hydrogens is 354 g/mol. The minimum atomic E-state index is -0.569. The number of carbonyl (C=O) groups is 2. The van der Waals surface area contributed by atoms with E-state index in [4.69, 9.17) is 4.74 Å². The first-order valence-corrected chi connectivity index (χ1v) is 10.3. The van der Waals surface area contributed by atoms with Gasteiger partial charge in [-0.3, -0.25) is 9.59 Å². The summed E-state index contributed by atoms with van der Waals surface area (Å²) in [4.78, 5) is 26.7. The molecule has 1 atom stereocenters. The summed E-state index contributed by atoms with van der Waals surface area (Å²) in [5.41, 5.74) is 0.511. The maximum absolute atomic E-state index is 12.7. The number of quaternary nitrogens is 1. The Morgan fingerprint density at radius 1 is 1.00 bits per heavy atom. The molecule has 0 saturated carbocycles. The number of ether oxygens (including phenoxy) is 1. The third-order valence-corrected chi connectivity index (χ3v) is 4.86. The molecule has 158 valence electrons. The van der Waals surface area contributed by atoms with Gasteiger partial charge in [-0.05, 0) is 64.8 Å². The number of nitrogens with one attached hydrogen (secondary N) is 3. The Balaban J connectivity index is 2.66. The maximum Gasteiger partial charge on any atom is 0.251 e. The fourth-order valence-electron chi connectivity index (χ4n) is 3.31. The molecule has 2 amide bonds. The molecule has 1 aromatic rings. The zero-order chi connectivity index (χ0) is 21.3. The fourth-order valence-corrected chi connectivity index (χ4v) is 3.31. The van der Waals surface area contributed by atoms with Crippen LogP contribution in [-0.2, 0) is 4.79 Å². The quantitative estimate of drug-likeness (QED) is 0.536. The van der Waals surface area contributed by atoms with E-state index in [9.17, 15) is 9.59 Å². The summed E-state index contributed by atoms with van der Waals surface area (Å²) in [5.74, 6) is 0.319. The summed E-state index contributed by atoms with van der Waals surface area (Å²) in [6.45, 7) is 16.5. The minimum Gasteiger partial charge on any atom is -0.494 e. The third kappa shape index (κ3) is 7.50. The van der Waals surface area contributed by atoms with Crippen LogP contribution in [0.1, 0.15) is 58.8 Å². The molecule has 0 unspecified atom stereocenters. The van der Waals surface area contributed by atoms with E-state index >= 15 is 0 Å². The molecule has 0 aliphatic carbocycles. The molecule has 0 radical (unpaired) electrons. The van der Waals surface area contributed by atoms with E-state index in [0.29, 0.717) is 30.8 Å². The zero-order valence-electron chi connectivity index (χ0n) is 18.5. The molecule has 0 aliphatic heterocycles. The Morgan fingerprint density at radius 2 is 1.57 bits per heavy atom. The highest BCUT2D eigenvalue weighted by atomic mass is 16.5. The Kier molecular flexibility index (Phi) is 10.0. The first kappa shape index (κ1) is 24.0. The maximum atomic E-state index is 12.7. The number of rotatable bonds is 11. The molecule has 0 aliphatic rings. The van der Waals surface area contributed by atoms with Crippen LogP contribution in [0.3, 0.4) is 0 Å². The number of hydrogen-bond acceptors (Lipinski definition) is 3. The summed E-state index contributed by atoms with van der Waals surface area (Å²) in [6.07, 6.45) is 0. The van der Waals surface area contributed by atoms with E-state index in [0.717, 1.165) is 12.3 Å². The van der Waals surface area contributed by atoms with Crippen molar-refractivity contribution in [3.05, 3.63) is 29.8 Å². The normalized spacial score (nSPS) is 12.5. The van der Waals surface area contributed by atoms with Crippen molar-refractivity contribution >= 4 is 11.8 Å². The van der Waals surface area contributed by atoms with Gasteiger partial charge in [-0.2, -0.15) is 0 Å². The number of benzene rings is 1. The summed E-state index contributed by atoms with van der Waals surface area (Å²) in [7, 11) is 0. The highest BCUT2D eigenvalue weighted by Crippen LogP contribution is 2.12. The van der Waals surface area contributed by atoms with E-state index in [1.807, 2.05) is 20.8 Å². The third-order valence-electron chi connectivity index (χ3n) is 4.86. The predicted molar refractivity (Wildman–Crippen MR) is 113 cm³/mol. The second-order valence-corrected chi connectivity index (χ2v) is 8.08. The molecule has 3 N–H and O–H groups in total. The van der Waals surface area contributed by atoms with Gasteiger partial charge < -0.3 is 20.3 Å². The average molecular weight is 393 g/mol. The van der Waals surface area contributed by atoms with Gasteiger partial charge in [0.15, 0.2) is 0 Å². The van der Waals surface area contributed by atoms with Crippen molar-refractivity contribution in [2.75, 3.05) is 19.7 Å². The Morgan fingerprint density at radius 3 is 2.04 bits per heavy atom. The molecule has 0 bridgehead atoms. The highest BCUT2D eigenvalue weighted by Gasteiger charge is 2.25. The van der Waals surface area contributed by atoms with E-state index < -0.39 is 6.04 Å². The molecular formula is C22H38N3O3+. The van der Waals surface area contributed by atoms with Crippen LogP contribution in [0.15, 0.2) is 24.3 Å². The summed E-state index contributed by atoms with van der Waals surface area (Å²) in [6, 6.07) is 7.37. The molecule has 6 heteroatoms. The van der Waals surface area contributed by atoms with Crippen LogP contribution in [0.2, 0.25) is 0 Å². The van der Waals surface area contributed by atoms with Crippen LogP contribution < -0.4 is 20.3 Å². The van der Waals surface area contributed by atoms with Gasteiger partial charge in [-0.1, -0.05) is 13.8 Å². The van der Waals surface area contributed by atoms with Crippen LogP contribution >= 0.6 is 0 Å². The van der Waals surface area contributed by atoms with E-state index in [-0.39, 0.29) is 17.7 Å². The summed E-state index contributed by atoms with van der Waals surface area (Å²) < 4.78 is 5.40. The number of hydrogen-bond donors (Lipinski definition) is 3. The zero-order valence-corrected chi connectivity index (χ0v) is 18.5. The van der Waals surface area contributed by atoms with Crippen LogP contribution in [0, 0.1) is 5.92 Å². The van der Waals surface area contributed by atoms with Crippen molar-refractivity contribution < 1.29 is 19.2 Å². The lowest BCUT2D eigenvalue weighted by atomic mass is 10.0. The van der Waals surface area contributed by atoms with Gasteiger partial charge in [-0.25, -0.2) is 0 Å². The van der Waals surface area contributed by atoms with Crippen LogP contribution in [-0.4, -0.2) is 49.6 Å². The van der Waals surface area contributed by atoms with Crippen LogP contribution in [0.5, 0.6) is 5.75 Å². The number of carbonyl (C=O) groups excluding carboxylic acids is 2. The lowest BCUT2D eigenvalue weighted by Crippen LogP contribution is -3.18. The highest BCUT2D eigenvalue weighted by molar-refractivity contribution is 5.97. The molecule has 0 heterocycles. The molecule has 28 heavy (non-hydrogen) atoms. The van der Waals surface area contributed by atoms with Crippen molar-refractivity contribution in [1.29, 1.82) is 0 Å². The van der Waals surface area contributed by atoms with Gasteiger partial charge >= 0.3 is 0 Å². The lowest BCUT2D eigenvalue weighted by molar-refractivity contribution is -0.941. The Hall–Kier alpha value is -2.08. The molecule has 0 aromatic heterocycles. The predicted octanol–water partition coefficient (Wildman–Crippen LogP) is 1.66. The SMILES string of the molecule is CCOc1ccc(C(=O)N[C@H](C(=O)NCC[NH+](C(C)C)C(C)C)C(C)C)cc1. The van der Waals surface area contributed by atoms with Gasteiger partial charge in [0.25, 0.3) is 5.91 Å². The van der Waals surface area contributed by atoms with Gasteiger partial charge in [-0.15, -0.1) is 0 Å². The van der Waals surface area contributed by atoms with Gasteiger partial charge in [0.2, 0.25) is 5.91 Å². The summed E-state index contributed by atoms with van der Waals surface area (Å²) >= 11 is 0. The van der Waals surface area contributed by atoms with Gasteiger partial charge in [0.05, 0.1) is 31.8 Å². The lowest BCUT2D eigenvalue weighted by Gasteiger charge is -2.28. The first-order chi connectivity index (χ1) is 13.2. The van der Waals surface area contributed by atoms with Gasteiger partial charge in [0, 0.05) is 5.56 Å². The standard InChI is InChI=1S/C22H37N3O3/c1-8-28-19-11-9-18(10-12-19)21(26)24-20(15(2)3)22(27)23-13-14-25(16(4)5)17(6)7/h9-12,15-17,20H,8,13-14H2,1-7H3,(H,23,27)(H,24,26)/p+1/t20-/m0/s1. The van der Waals surface area contributed by atoms with E-state index in [1.165, 1.54) is 4.90 Å². The smallest absolute Gasteiger partial charge is 0.251 e. The van der Waals surface area contributed by atoms with Crippen molar-refractivity contribution in [3.8, 4) is 5.75 Å². The van der Waals surface area contributed by atoms with Crippen LogP contribution in [0.25, 0.3) is 0 Å². The van der Waals surface area contributed by atoms with Crippen molar-refractivity contribution in [1.82, 2.24) is 10.6 Å². The largest absolute Gasteiger partial charge is 0.494 e. The van der Waals surface area contributed by atoms with Crippen molar-refractivity contribution in [3.63, 3.8) is 0 Å². The molecule has 1 rings (SSSR count). The van der Waals surface area contributed by atoms with Crippen molar-refractivity contribution in [2.24, 2.45) is 5.92 Å². The average Bonchev–Trinajstić information content (AvgIpc) is 2.62. The topological polar surface area (TPSA) is 71.9 Å². The Bertz CT molecular complexity index is 604. The minimum absolute atomic E-state index is 0.00899. The van der Waals surface area contributed by atoms with Crippen molar-refractivity contribution in [2.45, 2.75) is 66.6 Å². The summed E-state index contributed by atoms with van der Waals surface area (Å²) in [5, 5.41) is 5.86. The molecule has 1 aromatic carbocycles. The fraction of sp³-hybridized carbons (Fsp3) is 0.636. The first-order valence-electron chi connectivity index (χ1n) is 10.3. The van der Waals surface area contributed by atoms with E-state index in [1.54, 1.807) is 24.3 Å². The van der Waals surface area contributed by atoms with E-state index in [2.05, 4.69) is 38.3 Å². The van der Waals surface area contributed by atoms with Crippen LogP contribution in [0.4, 0.5) is 0 Å². The second kappa shape index (κ2) is 11.7. The molecule has 6 nitrogen and oxygen atoms in total. The molecule has 0 spiro atoms. The number of amides is 2. The monoisotopic (exact) mass is 392 g/mol. The molecule has 0 fully saturated rings. The molecule has 0 saturated heterocycles.